The quantitative estimate of drug-likeness (QED) is 0.285. The first-order chi connectivity index (χ1) is 11.7. The summed E-state index contributed by atoms with van der Waals surface area (Å²) in [6.07, 6.45) is 13.0. The van der Waals surface area contributed by atoms with Crippen molar-refractivity contribution in [2.24, 2.45) is 0 Å². The fourth-order valence-electron chi connectivity index (χ4n) is 2.73. The van der Waals surface area contributed by atoms with Gasteiger partial charge in [-0.1, -0.05) is 73.0 Å². The maximum absolute atomic E-state index is 6.32. The molecule has 1 aliphatic rings. The summed E-state index contributed by atoms with van der Waals surface area (Å²) in [7, 11) is 0. The molecule has 3 heteroatoms. The molecule has 24 heavy (non-hydrogen) atoms. The number of hydrogen-bond acceptors (Lipinski definition) is 2. The Hall–Kier alpha value is -0.900. The van der Waals surface area contributed by atoms with Crippen molar-refractivity contribution in [1.29, 1.82) is 0 Å². The van der Waals surface area contributed by atoms with E-state index in [1.165, 1.54) is 0 Å². The summed E-state index contributed by atoms with van der Waals surface area (Å²) in [5, 5.41) is 0.747. The zero-order chi connectivity index (χ0) is 17.3. The van der Waals surface area contributed by atoms with Gasteiger partial charge in [0.25, 0.3) is 0 Å². The summed E-state index contributed by atoms with van der Waals surface area (Å²) in [4.78, 5) is 0. The molecule has 0 radical (unpaired) electrons. The first-order valence-electron chi connectivity index (χ1n) is 9.00. The van der Waals surface area contributed by atoms with E-state index in [4.69, 9.17) is 9.47 Å². The third-order valence-electron chi connectivity index (χ3n) is 4.37. The molecule has 0 amide bonds. The molecular formula is C21H29BrO2. The van der Waals surface area contributed by atoms with Gasteiger partial charge < -0.3 is 9.47 Å². The van der Waals surface area contributed by atoms with Gasteiger partial charge >= 0.3 is 0 Å². The average Bonchev–Trinajstić information content (AvgIpc) is 2.64. The Balaban J connectivity index is 2.21. The molecule has 0 unspecified atom stereocenters. The van der Waals surface area contributed by atoms with Crippen molar-refractivity contribution in [3.63, 3.8) is 0 Å². The second-order valence-electron chi connectivity index (χ2n) is 6.32. The number of alkyl halides is 1. The number of halogens is 1. The van der Waals surface area contributed by atoms with Crippen LogP contribution in [0.4, 0.5) is 0 Å². The molecule has 132 valence electrons. The van der Waals surface area contributed by atoms with Gasteiger partial charge in [0.2, 0.25) is 0 Å². The van der Waals surface area contributed by atoms with Crippen LogP contribution in [0.1, 0.15) is 45.1 Å². The lowest BCUT2D eigenvalue weighted by Gasteiger charge is -2.36. The van der Waals surface area contributed by atoms with Crippen LogP contribution < -0.4 is 0 Å². The van der Waals surface area contributed by atoms with E-state index in [1.807, 2.05) is 6.07 Å². The molecule has 1 aromatic carbocycles. The van der Waals surface area contributed by atoms with Crippen LogP contribution in [0.25, 0.3) is 0 Å². The topological polar surface area (TPSA) is 18.5 Å². The Morgan fingerprint density at radius 3 is 1.96 bits per heavy atom. The van der Waals surface area contributed by atoms with Crippen molar-refractivity contribution in [2.75, 3.05) is 18.5 Å². The van der Waals surface area contributed by atoms with E-state index >= 15 is 0 Å². The van der Waals surface area contributed by atoms with Gasteiger partial charge in [-0.05, 0) is 42.7 Å². The molecule has 0 aliphatic heterocycles. The summed E-state index contributed by atoms with van der Waals surface area (Å²) in [6, 6.07) is 10.4. The van der Waals surface area contributed by atoms with Gasteiger partial charge in [0.15, 0.2) is 0 Å². The molecule has 0 N–H and O–H groups in total. The summed E-state index contributed by atoms with van der Waals surface area (Å²) in [6.45, 7) is 5.88. The zero-order valence-corrected chi connectivity index (χ0v) is 16.4. The second-order valence-corrected chi connectivity index (χ2v) is 6.88. The Bertz CT molecular complexity index is 522. The SMILES string of the molecule is CCCCOC1(CBr)C=CC(OCCCC)(c2ccccc2)C=C1. The van der Waals surface area contributed by atoms with Crippen LogP contribution in [0.15, 0.2) is 54.6 Å². The molecule has 1 aromatic rings. The lowest BCUT2D eigenvalue weighted by molar-refractivity contribution is 0.00593. The average molecular weight is 393 g/mol. The summed E-state index contributed by atoms with van der Waals surface area (Å²) < 4.78 is 12.5. The number of rotatable bonds is 10. The Morgan fingerprint density at radius 1 is 0.833 bits per heavy atom. The molecule has 2 rings (SSSR count). The third-order valence-corrected chi connectivity index (χ3v) is 5.24. The third kappa shape index (κ3) is 4.81. The molecule has 0 saturated carbocycles. The molecule has 0 heterocycles. The summed E-state index contributed by atoms with van der Waals surface area (Å²) >= 11 is 3.61. The first-order valence-corrected chi connectivity index (χ1v) is 10.1. The van der Waals surface area contributed by atoms with Gasteiger partial charge in [0, 0.05) is 18.5 Å². The maximum atomic E-state index is 6.32. The van der Waals surface area contributed by atoms with Crippen LogP contribution in [-0.2, 0) is 15.1 Å². The van der Waals surface area contributed by atoms with Crippen molar-refractivity contribution in [3.05, 3.63) is 60.2 Å². The smallest absolute Gasteiger partial charge is 0.130 e. The number of ether oxygens (including phenoxy) is 2. The summed E-state index contributed by atoms with van der Waals surface area (Å²) in [5.41, 5.74) is 0.294. The fraction of sp³-hybridized carbons (Fsp3) is 0.524. The van der Waals surface area contributed by atoms with Gasteiger partial charge in [0.05, 0.1) is 0 Å². The highest BCUT2D eigenvalue weighted by Crippen LogP contribution is 2.36. The van der Waals surface area contributed by atoms with E-state index in [0.29, 0.717) is 0 Å². The lowest BCUT2D eigenvalue weighted by Crippen LogP contribution is -2.37. The predicted molar refractivity (Wildman–Crippen MR) is 105 cm³/mol. The van der Waals surface area contributed by atoms with Crippen LogP contribution in [0.2, 0.25) is 0 Å². The Labute approximate surface area is 155 Å². The molecule has 0 atom stereocenters. The van der Waals surface area contributed by atoms with Crippen LogP contribution >= 0.6 is 15.9 Å². The highest BCUT2D eigenvalue weighted by Gasteiger charge is 2.35. The van der Waals surface area contributed by atoms with Gasteiger partial charge in [-0.15, -0.1) is 0 Å². The number of unbranched alkanes of at least 4 members (excludes halogenated alkanes) is 2. The molecule has 2 nitrogen and oxygen atoms in total. The summed E-state index contributed by atoms with van der Waals surface area (Å²) in [5.74, 6) is 0. The van der Waals surface area contributed by atoms with Crippen molar-refractivity contribution in [1.82, 2.24) is 0 Å². The van der Waals surface area contributed by atoms with Crippen molar-refractivity contribution in [2.45, 2.75) is 50.7 Å². The number of benzene rings is 1. The standard InChI is InChI=1S/C21H29BrO2/c1-3-5-16-23-20(18-22)12-14-21(15-13-20,24-17-6-4-2)19-10-8-7-9-11-19/h7-15H,3-6,16-18H2,1-2H3. The van der Waals surface area contributed by atoms with Crippen LogP contribution in [0.5, 0.6) is 0 Å². The molecule has 0 aromatic heterocycles. The van der Waals surface area contributed by atoms with E-state index in [1.54, 1.807) is 0 Å². The molecule has 0 spiro atoms. The lowest BCUT2D eigenvalue weighted by atomic mass is 9.85. The predicted octanol–water partition coefficient (Wildman–Crippen LogP) is 5.78. The van der Waals surface area contributed by atoms with E-state index in [9.17, 15) is 0 Å². The number of hydrogen-bond donors (Lipinski definition) is 0. The monoisotopic (exact) mass is 392 g/mol. The second kappa shape index (κ2) is 9.55. The highest BCUT2D eigenvalue weighted by molar-refractivity contribution is 9.09. The van der Waals surface area contributed by atoms with Gasteiger partial charge in [-0.2, -0.15) is 0 Å². The molecule has 0 fully saturated rings. The van der Waals surface area contributed by atoms with E-state index in [-0.39, 0.29) is 5.60 Å². The minimum absolute atomic E-state index is 0.373. The zero-order valence-electron chi connectivity index (χ0n) is 14.8. The van der Waals surface area contributed by atoms with Crippen molar-refractivity contribution >= 4 is 15.9 Å². The van der Waals surface area contributed by atoms with Gasteiger partial charge in [-0.25, -0.2) is 0 Å². The molecule has 0 saturated heterocycles. The van der Waals surface area contributed by atoms with Crippen molar-refractivity contribution < 1.29 is 9.47 Å². The van der Waals surface area contributed by atoms with E-state index in [2.05, 4.69) is 78.3 Å². The maximum Gasteiger partial charge on any atom is 0.130 e. The van der Waals surface area contributed by atoms with Gasteiger partial charge in [-0.3, -0.25) is 0 Å². The minimum Gasteiger partial charge on any atom is -0.366 e. The highest BCUT2D eigenvalue weighted by atomic mass is 79.9. The minimum atomic E-state index is -0.490. The normalized spacial score (nSPS) is 26.0. The van der Waals surface area contributed by atoms with Gasteiger partial charge in [0.1, 0.15) is 11.2 Å². The molecule has 1 aliphatic carbocycles. The fourth-order valence-corrected chi connectivity index (χ4v) is 3.26. The van der Waals surface area contributed by atoms with E-state index in [0.717, 1.165) is 49.8 Å². The van der Waals surface area contributed by atoms with Crippen LogP contribution in [0.3, 0.4) is 0 Å². The van der Waals surface area contributed by atoms with Crippen molar-refractivity contribution in [3.8, 4) is 0 Å². The Morgan fingerprint density at radius 2 is 1.42 bits per heavy atom. The largest absolute Gasteiger partial charge is 0.366 e. The first kappa shape index (κ1) is 19.4. The van der Waals surface area contributed by atoms with Crippen LogP contribution in [0, 0.1) is 0 Å². The van der Waals surface area contributed by atoms with E-state index < -0.39 is 5.60 Å². The molecule has 0 bridgehead atoms. The Kier molecular flexibility index (Phi) is 7.73. The van der Waals surface area contributed by atoms with Crippen LogP contribution in [-0.4, -0.2) is 24.1 Å². The molecular weight excluding hydrogens is 364 g/mol.